The van der Waals surface area contributed by atoms with E-state index in [0.717, 1.165) is 22.0 Å². The number of fused-ring (bicyclic) bond motifs is 3. The molecule has 28 heavy (non-hydrogen) atoms. The molecule has 1 heterocycles. The maximum absolute atomic E-state index is 12.7. The highest BCUT2D eigenvalue weighted by Crippen LogP contribution is 2.36. The van der Waals surface area contributed by atoms with Crippen LogP contribution in [0.15, 0.2) is 65.1 Å². The van der Waals surface area contributed by atoms with Gasteiger partial charge in [-0.2, -0.15) is 0 Å². The van der Waals surface area contributed by atoms with Gasteiger partial charge in [-0.25, -0.2) is 0 Å². The Morgan fingerprint density at radius 2 is 1.75 bits per heavy atom. The maximum Gasteiger partial charge on any atom is 0.246 e. The number of amides is 1. The van der Waals surface area contributed by atoms with E-state index < -0.39 is 6.04 Å². The van der Waals surface area contributed by atoms with Gasteiger partial charge in [0, 0.05) is 22.5 Å². The molecule has 1 amide bonds. The first-order valence-electron chi connectivity index (χ1n) is 9.18. The monoisotopic (exact) mass is 374 g/mol. The molecule has 0 aliphatic carbocycles. The fraction of sp³-hybridized carbons (Fsp3) is 0.174. The van der Waals surface area contributed by atoms with Crippen LogP contribution in [0.4, 0.5) is 11.4 Å². The number of para-hydroxylation sites is 1. The first kappa shape index (κ1) is 17.9. The van der Waals surface area contributed by atoms with Crippen molar-refractivity contribution in [2.45, 2.75) is 19.9 Å². The molecule has 1 atom stereocenters. The lowest BCUT2D eigenvalue weighted by Crippen LogP contribution is -2.32. The Hall–Kier alpha value is -3.47. The minimum Gasteiger partial charge on any atom is -0.495 e. The lowest BCUT2D eigenvalue weighted by Gasteiger charge is -2.17. The Kier molecular flexibility index (Phi) is 4.65. The number of methoxy groups -OCH3 is 1. The van der Waals surface area contributed by atoms with Crippen LogP contribution in [0.1, 0.15) is 12.5 Å². The van der Waals surface area contributed by atoms with Crippen LogP contribution < -0.4 is 15.4 Å². The molecule has 142 valence electrons. The number of rotatable bonds is 5. The summed E-state index contributed by atoms with van der Waals surface area (Å²) in [6.07, 6.45) is 0. The summed E-state index contributed by atoms with van der Waals surface area (Å²) in [5, 5.41) is 8.12. The smallest absolute Gasteiger partial charge is 0.246 e. The van der Waals surface area contributed by atoms with E-state index >= 15 is 0 Å². The van der Waals surface area contributed by atoms with Crippen LogP contribution in [0.5, 0.6) is 5.75 Å². The third-order valence-electron chi connectivity index (χ3n) is 4.78. The quantitative estimate of drug-likeness (QED) is 0.495. The molecule has 0 saturated heterocycles. The molecule has 2 N–H and O–H groups in total. The van der Waals surface area contributed by atoms with Crippen LogP contribution in [0.2, 0.25) is 0 Å². The number of furan rings is 1. The zero-order valence-corrected chi connectivity index (χ0v) is 16.1. The van der Waals surface area contributed by atoms with Gasteiger partial charge in [0.2, 0.25) is 5.91 Å². The SMILES string of the molecule is COc1cc2c(cc1NC(=O)[C@H](C)Nc1ccc(C)cc1)oc1ccccc12. The molecule has 1 aromatic heterocycles. The summed E-state index contributed by atoms with van der Waals surface area (Å²) in [6, 6.07) is 19.1. The van der Waals surface area contributed by atoms with E-state index in [0.29, 0.717) is 17.0 Å². The highest BCUT2D eigenvalue weighted by molar-refractivity contribution is 6.08. The Morgan fingerprint density at radius 1 is 1.00 bits per heavy atom. The number of benzene rings is 3. The summed E-state index contributed by atoms with van der Waals surface area (Å²) in [5.74, 6) is 0.435. The van der Waals surface area contributed by atoms with Crippen molar-refractivity contribution in [2.24, 2.45) is 0 Å². The van der Waals surface area contributed by atoms with Crippen molar-refractivity contribution in [1.82, 2.24) is 0 Å². The zero-order valence-electron chi connectivity index (χ0n) is 16.1. The molecule has 0 aliphatic heterocycles. The molecule has 3 aromatic carbocycles. The Bertz CT molecular complexity index is 1150. The number of hydrogen-bond donors (Lipinski definition) is 2. The molecule has 0 spiro atoms. The van der Waals surface area contributed by atoms with Gasteiger partial charge in [-0.15, -0.1) is 0 Å². The van der Waals surface area contributed by atoms with Gasteiger partial charge in [-0.05, 0) is 38.1 Å². The number of hydrogen-bond acceptors (Lipinski definition) is 4. The van der Waals surface area contributed by atoms with Crippen LogP contribution in [0.3, 0.4) is 0 Å². The predicted molar refractivity (Wildman–Crippen MR) is 113 cm³/mol. The fourth-order valence-electron chi connectivity index (χ4n) is 3.22. The first-order chi connectivity index (χ1) is 13.5. The van der Waals surface area contributed by atoms with Crippen molar-refractivity contribution in [3.05, 3.63) is 66.2 Å². The van der Waals surface area contributed by atoms with Crippen molar-refractivity contribution >= 4 is 39.2 Å². The normalized spacial score (nSPS) is 12.1. The summed E-state index contributed by atoms with van der Waals surface area (Å²) in [7, 11) is 1.59. The van der Waals surface area contributed by atoms with E-state index in [1.54, 1.807) is 7.11 Å². The highest BCUT2D eigenvalue weighted by Gasteiger charge is 2.17. The Labute approximate surface area is 163 Å². The van der Waals surface area contributed by atoms with Crippen LogP contribution in [0, 0.1) is 6.92 Å². The molecule has 5 heteroatoms. The summed E-state index contributed by atoms with van der Waals surface area (Å²) in [5.41, 5.74) is 4.16. The third kappa shape index (κ3) is 3.39. The topological polar surface area (TPSA) is 63.5 Å². The number of carbonyl (C=O) groups is 1. The summed E-state index contributed by atoms with van der Waals surface area (Å²) < 4.78 is 11.4. The van der Waals surface area contributed by atoms with Gasteiger partial charge in [-0.1, -0.05) is 35.9 Å². The number of anilines is 2. The zero-order chi connectivity index (χ0) is 19.7. The van der Waals surface area contributed by atoms with E-state index in [1.165, 1.54) is 5.56 Å². The molecule has 0 aliphatic rings. The van der Waals surface area contributed by atoms with Crippen LogP contribution in [-0.2, 0) is 4.79 Å². The van der Waals surface area contributed by atoms with E-state index in [9.17, 15) is 4.79 Å². The number of nitrogens with one attached hydrogen (secondary N) is 2. The van der Waals surface area contributed by atoms with E-state index in [2.05, 4.69) is 10.6 Å². The largest absolute Gasteiger partial charge is 0.495 e. The van der Waals surface area contributed by atoms with Crippen molar-refractivity contribution in [3.63, 3.8) is 0 Å². The standard InChI is InChI=1S/C23H22N2O3/c1-14-8-10-16(11-9-14)24-15(2)23(26)25-19-13-21-18(12-22(19)27-3)17-6-4-5-7-20(17)28-21/h4-13,15,24H,1-3H3,(H,25,26)/t15-/m0/s1. The number of ether oxygens (including phenoxy) is 1. The molecule has 0 bridgehead atoms. The molecule has 5 nitrogen and oxygen atoms in total. The summed E-state index contributed by atoms with van der Waals surface area (Å²) >= 11 is 0. The molecular formula is C23H22N2O3. The van der Waals surface area contributed by atoms with E-state index in [1.807, 2.05) is 74.5 Å². The van der Waals surface area contributed by atoms with Gasteiger partial charge in [0.1, 0.15) is 23.0 Å². The molecule has 0 radical (unpaired) electrons. The summed E-state index contributed by atoms with van der Waals surface area (Å²) in [6.45, 7) is 3.85. The second kappa shape index (κ2) is 7.27. The van der Waals surface area contributed by atoms with Gasteiger partial charge in [-0.3, -0.25) is 4.79 Å². The molecular weight excluding hydrogens is 352 g/mol. The minimum absolute atomic E-state index is 0.158. The van der Waals surface area contributed by atoms with Crippen molar-refractivity contribution in [2.75, 3.05) is 17.7 Å². The average Bonchev–Trinajstić information content (AvgIpc) is 3.06. The number of carbonyl (C=O) groups excluding carboxylic acids is 1. The van der Waals surface area contributed by atoms with Crippen molar-refractivity contribution in [1.29, 1.82) is 0 Å². The molecule has 4 rings (SSSR count). The van der Waals surface area contributed by atoms with E-state index in [4.69, 9.17) is 9.15 Å². The summed E-state index contributed by atoms with van der Waals surface area (Å²) in [4.78, 5) is 12.7. The lowest BCUT2D eigenvalue weighted by atomic mass is 10.1. The number of aryl methyl sites for hydroxylation is 1. The first-order valence-corrected chi connectivity index (χ1v) is 9.18. The van der Waals surface area contributed by atoms with Crippen molar-refractivity contribution < 1.29 is 13.9 Å². The average molecular weight is 374 g/mol. The fourth-order valence-corrected chi connectivity index (χ4v) is 3.22. The highest BCUT2D eigenvalue weighted by atomic mass is 16.5. The van der Waals surface area contributed by atoms with Crippen molar-refractivity contribution in [3.8, 4) is 5.75 Å². The Morgan fingerprint density at radius 3 is 2.50 bits per heavy atom. The second-order valence-corrected chi connectivity index (χ2v) is 6.87. The second-order valence-electron chi connectivity index (χ2n) is 6.87. The molecule has 4 aromatic rings. The Balaban J connectivity index is 1.59. The minimum atomic E-state index is -0.418. The molecule has 0 fully saturated rings. The van der Waals surface area contributed by atoms with E-state index in [-0.39, 0.29) is 5.91 Å². The van der Waals surface area contributed by atoms with Gasteiger partial charge in [0.25, 0.3) is 0 Å². The predicted octanol–water partition coefficient (Wildman–Crippen LogP) is 5.34. The van der Waals surface area contributed by atoms with Crippen LogP contribution in [-0.4, -0.2) is 19.1 Å². The molecule has 0 unspecified atom stereocenters. The van der Waals surface area contributed by atoms with Gasteiger partial charge < -0.3 is 19.8 Å². The van der Waals surface area contributed by atoms with Crippen LogP contribution >= 0.6 is 0 Å². The lowest BCUT2D eigenvalue weighted by molar-refractivity contribution is -0.116. The van der Waals surface area contributed by atoms with Gasteiger partial charge in [0.05, 0.1) is 12.8 Å². The maximum atomic E-state index is 12.7. The third-order valence-corrected chi connectivity index (χ3v) is 4.78. The van der Waals surface area contributed by atoms with Crippen LogP contribution in [0.25, 0.3) is 21.9 Å². The van der Waals surface area contributed by atoms with Gasteiger partial charge in [0.15, 0.2) is 0 Å². The van der Waals surface area contributed by atoms with Gasteiger partial charge >= 0.3 is 0 Å². The molecule has 0 saturated carbocycles.